The van der Waals surface area contributed by atoms with Gasteiger partial charge in [0.1, 0.15) is 0 Å². The normalized spacial score (nSPS) is 22.5. The van der Waals surface area contributed by atoms with Gasteiger partial charge in [0.15, 0.2) is 0 Å². The van der Waals surface area contributed by atoms with Crippen LogP contribution in [0.25, 0.3) is 40.3 Å². The predicted molar refractivity (Wildman–Crippen MR) is 358 cm³/mol. The zero-order chi connectivity index (χ0) is 56.6. The van der Waals surface area contributed by atoms with E-state index < -0.39 is 0 Å². The van der Waals surface area contributed by atoms with Gasteiger partial charge in [-0.15, -0.1) is 22.7 Å². The van der Waals surface area contributed by atoms with Gasteiger partial charge in [-0.25, -0.2) is 0 Å². The maximum absolute atomic E-state index is 2.89. The third-order valence-electron chi connectivity index (χ3n) is 22.5. The first kappa shape index (κ1) is 51.3. The molecular formula is C76H78BN3S2. The fourth-order valence-corrected chi connectivity index (χ4v) is 19.5. The summed E-state index contributed by atoms with van der Waals surface area (Å²) in [7, 11) is 0. The minimum absolute atomic E-state index is 0.00304. The molecule has 3 nitrogen and oxygen atoms in total. The fourth-order valence-electron chi connectivity index (χ4n) is 17.2. The van der Waals surface area contributed by atoms with Gasteiger partial charge in [0, 0.05) is 79.9 Å². The number of anilines is 8. The van der Waals surface area contributed by atoms with Crippen molar-refractivity contribution in [2.24, 2.45) is 0 Å². The molecule has 16 rings (SSSR count). The summed E-state index contributed by atoms with van der Waals surface area (Å²) in [5, 5.41) is 5.36. The molecule has 0 spiro atoms. The Bertz CT molecular complexity index is 4200. The van der Waals surface area contributed by atoms with Crippen molar-refractivity contribution in [2.45, 2.75) is 179 Å². The third-order valence-corrected chi connectivity index (χ3v) is 24.7. The van der Waals surface area contributed by atoms with Crippen LogP contribution in [0.1, 0.15) is 175 Å². The molecule has 8 aromatic carbocycles. The van der Waals surface area contributed by atoms with E-state index in [4.69, 9.17) is 0 Å². The summed E-state index contributed by atoms with van der Waals surface area (Å²) in [6.07, 6.45) is 9.42. The smallest absolute Gasteiger partial charge is 0.252 e. The average Bonchev–Trinajstić information content (AvgIpc) is 4.09. The van der Waals surface area contributed by atoms with Crippen molar-refractivity contribution in [1.82, 2.24) is 0 Å². The van der Waals surface area contributed by atoms with Crippen LogP contribution in [0.2, 0.25) is 0 Å². The highest BCUT2D eigenvalue weighted by Gasteiger charge is 2.59. The van der Waals surface area contributed by atoms with Gasteiger partial charge >= 0.3 is 0 Å². The van der Waals surface area contributed by atoms with Crippen molar-refractivity contribution in [1.29, 1.82) is 0 Å². The molecule has 2 aromatic heterocycles. The molecule has 82 heavy (non-hydrogen) atoms. The van der Waals surface area contributed by atoms with Gasteiger partial charge in [-0.3, -0.25) is 0 Å². The lowest BCUT2D eigenvalue weighted by Gasteiger charge is -2.51. The lowest BCUT2D eigenvalue weighted by molar-refractivity contribution is 0.195. The summed E-state index contributed by atoms with van der Waals surface area (Å²) in [6, 6.07) is 56.7. The zero-order valence-electron chi connectivity index (χ0n) is 50.7. The number of nitrogens with zero attached hydrogens (tertiary/aromatic N) is 3. The number of thiophene rings is 2. The average molecular weight is 1110 g/mol. The number of fused-ring (bicyclic) bond motifs is 15. The number of benzene rings is 8. The highest BCUT2D eigenvalue weighted by Crippen LogP contribution is 2.63. The zero-order valence-corrected chi connectivity index (χ0v) is 52.3. The van der Waals surface area contributed by atoms with Crippen molar-refractivity contribution in [3.8, 4) is 0 Å². The molecule has 0 bridgehead atoms. The molecule has 5 heterocycles. The van der Waals surface area contributed by atoms with Gasteiger partial charge in [-0.1, -0.05) is 169 Å². The van der Waals surface area contributed by atoms with Crippen LogP contribution in [-0.4, -0.2) is 12.3 Å². The van der Waals surface area contributed by atoms with Crippen molar-refractivity contribution in [3.63, 3.8) is 0 Å². The first-order valence-corrected chi connectivity index (χ1v) is 32.5. The van der Waals surface area contributed by atoms with Gasteiger partial charge in [0.2, 0.25) is 0 Å². The van der Waals surface area contributed by atoms with Crippen molar-refractivity contribution < 1.29 is 0 Å². The van der Waals surface area contributed by atoms with Gasteiger partial charge < -0.3 is 14.7 Å². The van der Waals surface area contributed by atoms with Gasteiger partial charge in [-0.05, 0) is 189 Å². The Hall–Kier alpha value is -6.34. The first-order chi connectivity index (χ1) is 39.0. The van der Waals surface area contributed by atoms with E-state index in [1.807, 2.05) is 22.7 Å². The molecule has 0 saturated heterocycles. The van der Waals surface area contributed by atoms with E-state index in [0.29, 0.717) is 0 Å². The molecule has 6 aliphatic rings. The highest BCUT2D eigenvalue weighted by molar-refractivity contribution is 7.26. The molecular weight excluding hydrogens is 1030 g/mol. The topological polar surface area (TPSA) is 9.72 Å². The lowest BCUT2D eigenvalue weighted by atomic mass is 9.32. The Balaban J connectivity index is 1.11. The van der Waals surface area contributed by atoms with Crippen LogP contribution in [-0.2, 0) is 32.5 Å². The fraction of sp³-hybridized carbons (Fsp3) is 0.368. The second kappa shape index (κ2) is 16.7. The van der Waals surface area contributed by atoms with Crippen LogP contribution in [0.5, 0.6) is 0 Å². The number of rotatable bonds is 3. The predicted octanol–water partition coefficient (Wildman–Crippen LogP) is 20.2. The van der Waals surface area contributed by atoms with E-state index in [1.165, 1.54) is 155 Å². The molecule has 3 aliphatic carbocycles. The summed E-state index contributed by atoms with van der Waals surface area (Å²) in [5.41, 5.74) is 23.6. The Labute approximate surface area is 495 Å². The molecule has 0 amide bonds. The van der Waals surface area contributed by atoms with E-state index in [1.54, 1.807) is 0 Å². The molecule has 0 radical (unpaired) electrons. The monoisotopic (exact) mass is 1110 g/mol. The van der Waals surface area contributed by atoms with Gasteiger partial charge in [0.25, 0.3) is 6.71 Å². The molecule has 2 atom stereocenters. The summed E-state index contributed by atoms with van der Waals surface area (Å²) in [6.45, 7) is 32.6. The SMILES string of the molecule is CC(C)(C)c1ccc2c(c1)C1(C)CCCCC1(C)N2c1cc2c3c(c1)N(c1cccc4sc5ccccc5c14)c1cc4c(cc1B3c1cc3c(cc1N2c1cccc2sc5ccccc5c12)C(C)(C)CCC3(C)C)C(C)(C)CCC4(C)C. The Morgan fingerprint density at radius 2 is 0.854 bits per heavy atom. The van der Waals surface area contributed by atoms with Crippen molar-refractivity contribution >= 4 is 132 Å². The van der Waals surface area contributed by atoms with Gasteiger partial charge in [0.05, 0.1) is 16.9 Å². The van der Waals surface area contributed by atoms with Crippen LogP contribution >= 0.6 is 22.7 Å². The van der Waals surface area contributed by atoms with Crippen LogP contribution in [0, 0.1) is 0 Å². The van der Waals surface area contributed by atoms with E-state index in [0.717, 1.165) is 32.1 Å². The van der Waals surface area contributed by atoms with Crippen molar-refractivity contribution in [2.75, 3.05) is 14.7 Å². The molecule has 1 saturated carbocycles. The second-order valence-corrected chi connectivity index (χ2v) is 32.2. The molecule has 2 unspecified atom stereocenters. The van der Waals surface area contributed by atoms with E-state index in [-0.39, 0.29) is 44.7 Å². The number of hydrogen-bond acceptors (Lipinski definition) is 5. The Kier molecular flexibility index (Phi) is 10.5. The molecule has 6 heteroatoms. The minimum atomic E-state index is -0.171. The maximum Gasteiger partial charge on any atom is 0.252 e. The minimum Gasteiger partial charge on any atom is -0.334 e. The summed E-state index contributed by atoms with van der Waals surface area (Å²) < 4.78 is 5.34. The Morgan fingerprint density at radius 1 is 0.402 bits per heavy atom. The molecule has 1 fully saturated rings. The van der Waals surface area contributed by atoms with Crippen LogP contribution in [0.4, 0.5) is 45.5 Å². The van der Waals surface area contributed by atoms with Crippen LogP contribution in [0.15, 0.2) is 140 Å². The quantitative estimate of drug-likeness (QED) is 0.163. The second-order valence-electron chi connectivity index (χ2n) is 30.1. The molecule has 0 N–H and O–H groups in total. The van der Waals surface area contributed by atoms with Crippen molar-refractivity contribution in [3.05, 3.63) is 173 Å². The molecule has 3 aliphatic heterocycles. The Morgan fingerprint density at radius 3 is 1.34 bits per heavy atom. The standard InChI is InChI=1S/C76H78BN3S2/c1-70(2,3)45-30-31-56-53(38-45)75(12)32-18-19-33-76(75,13)80(56)46-39-61-69-62(40-46)79(58-25-21-29-66-68(58)48-23-15-17-27-64(48)82-66)60-44-52-50(72(6,7)35-37-74(52,10)11)42-55(60)77(69)54-41-49-51(73(8,9)36-34-71(49,4)5)43-59(54)78(61)57-24-20-28-65-67(57)47-22-14-16-26-63(47)81-65/h14-17,20-31,38-44H,18-19,32-37H2,1-13H3. The van der Waals surface area contributed by atoms with Crippen LogP contribution < -0.4 is 31.1 Å². The number of hydrogen-bond donors (Lipinski definition) is 0. The van der Waals surface area contributed by atoms with E-state index >= 15 is 0 Å². The van der Waals surface area contributed by atoms with Crippen LogP contribution in [0.3, 0.4) is 0 Å². The highest BCUT2D eigenvalue weighted by atomic mass is 32.1. The van der Waals surface area contributed by atoms with E-state index in [2.05, 4.69) is 244 Å². The molecule has 412 valence electrons. The first-order valence-electron chi connectivity index (χ1n) is 30.9. The molecule has 10 aromatic rings. The maximum atomic E-state index is 2.89. The largest absolute Gasteiger partial charge is 0.334 e. The third kappa shape index (κ3) is 6.83. The van der Waals surface area contributed by atoms with E-state index in [9.17, 15) is 0 Å². The summed E-state index contributed by atoms with van der Waals surface area (Å²) >= 11 is 3.87. The lowest BCUT2D eigenvalue weighted by Crippen LogP contribution is -2.62. The van der Waals surface area contributed by atoms with Gasteiger partial charge in [-0.2, -0.15) is 0 Å². The summed E-state index contributed by atoms with van der Waals surface area (Å²) in [5.74, 6) is 0. The summed E-state index contributed by atoms with van der Waals surface area (Å²) in [4.78, 5) is 8.51.